The highest BCUT2D eigenvalue weighted by atomic mass is 35.5. The van der Waals surface area contributed by atoms with E-state index in [0.29, 0.717) is 4.34 Å². The van der Waals surface area contributed by atoms with Gasteiger partial charge in [-0.2, -0.15) is 0 Å². The Labute approximate surface area is 140 Å². The molecule has 0 fully saturated rings. The lowest BCUT2D eigenvalue weighted by Crippen LogP contribution is -2.15. The van der Waals surface area contributed by atoms with Crippen molar-refractivity contribution < 1.29 is 23.5 Å². The van der Waals surface area contributed by atoms with Crippen LogP contribution >= 0.6 is 22.9 Å². The molecule has 0 aliphatic heterocycles. The molecule has 8 heteroatoms. The lowest BCUT2D eigenvalue weighted by Gasteiger charge is -2.06. The summed E-state index contributed by atoms with van der Waals surface area (Å²) in [7, 11) is 0. The second-order valence-corrected chi connectivity index (χ2v) is 6.19. The van der Waals surface area contributed by atoms with E-state index in [1.807, 2.05) is 0 Å². The second kappa shape index (κ2) is 7.34. The summed E-state index contributed by atoms with van der Waals surface area (Å²) in [5.41, 5.74) is 0.00730. The fourth-order valence-electron chi connectivity index (χ4n) is 1.73. The van der Waals surface area contributed by atoms with Gasteiger partial charge < -0.3 is 10.1 Å². The number of Topliss-reactive ketones (excluding diaryl/α,β-unsaturated/α-hetero) is 1. The lowest BCUT2D eigenvalue weighted by molar-refractivity contribution is -0.114. The van der Waals surface area contributed by atoms with Crippen LogP contribution in [0.5, 0.6) is 0 Å². The van der Waals surface area contributed by atoms with Gasteiger partial charge >= 0.3 is 5.97 Å². The Morgan fingerprint density at radius 3 is 2.57 bits per heavy atom. The summed E-state index contributed by atoms with van der Waals surface area (Å²) in [5.74, 6) is -2.55. The van der Waals surface area contributed by atoms with Gasteiger partial charge in [-0.25, -0.2) is 9.18 Å². The molecule has 0 saturated carbocycles. The number of hydrogen-bond acceptors (Lipinski definition) is 5. The summed E-state index contributed by atoms with van der Waals surface area (Å²) < 4.78 is 19.1. The van der Waals surface area contributed by atoms with E-state index in [0.717, 1.165) is 17.4 Å². The number of carbonyl (C=O) groups is 3. The number of carbonyl (C=O) groups excluding carboxylic acids is 3. The molecule has 2 rings (SSSR count). The van der Waals surface area contributed by atoms with Crippen LogP contribution in [0.4, 0.5) is 10.1 Å². The van der Waals surface area contributed by atoms with Crippen LogP contribution in [0.15, 0.2) is 30.3 Å². The van der Waals surface area contributed by atoms with E-state index < -0.39 is 24.2 Å². The number of nitrogens with one attached hydrogen (secondary N) is 1. The van der Waals surface area contributed by atoms with Gasteiger partial charge in [-0.15, -0.1) is 11.3 Å². The molecule has 0 radical (unpaired) electrons. The van der Waals surface area contributed by atoms with Gasteiger partial charge in [0, 0.05) is 12.6 Å². The molecule has 0 aliphatic rings. The van der Waals surface area contributed by atoms with Crippen molar-refractivity contribution >= 4 is 46.3 Å². The van der Waals surface area contributed by atoms with E-state index in [1.165, 1.54) is 31.2 Å². The lowest BCUT2D eigenvalue weighted by atomic mass is 10.1. The third-order valence-corrected chi connectivity index (χ3v) is 3.91. The smallest absolute Gasteiger partial charge is 0.348 e. The van der Waals surface area contributed by atoms with Gasteiger partial charge in [-0.1, -0.05) is 11.6 Å². The highest BCUT2D eigenvalue weighted by molar-refractivity contribution is 7.17. The van der Waals surface area contributed by atoms with Crippen molar-refractivity contribution in [1.29, 1.82) is 0 Å². The van der Waals surface area contributed by atoms with Crippen molar-refractivity contribution in [3.63, 3.8) is 0 Å². The summed E-state index contributed by atoms with van der Waals surface area (Å²) in [6.45, 7) is 0.692. The van der Waals surface area contributed by atoms with Gasteiger partial charge in [0.1, 0.15) is 10.7 Å². The first-order chi connectivity index (χ1) is 10.9. The fourth-order valence-corrected chi connectivity index (χ4v) is 2.66. The van der Waals surface area contributed by atoms with Gasteiger partial charge in [0.15, 0.2) is 6.61 Å². The van der Waals surface area contributed by atoms with E-state index in [1.54, 1.807) is 0 Å². The standard InChI is InChI=1S/C15H11ClFNO4S/c1-8(19)18-9-2-3-10(11(17)6-9)12(20)7-22-15(21)13-4-5-14(16)23-13/h2-6H,7H2,1H3,(H,18,19). The summed E-state index contributed by atoms with van der Waals surface area (Å²) >= 11 is 6.72. The molecule has 0 bridgehead atoms. The Balaban J connectivity index is 2.00. The minimum absolute atomic E-state index is 0.226. The zero-order valence-electron chi connectivity index (χ0n) is 11.9. The molecule has 0 atom stereocenters. The van der Waals surface area contributed by atoms with E-state index in [9.17, 15) is 18.8 Å². The average Bonchev–Trinajstić information content (AvgIpc) is 2.90. The Morgan fingerprint density at radius 2 is 2.00 bits per heavy atom. The van der Waals surface area contributed by atoms with Crippen LogP contribution in [0.2, 0.25) is 4.34 Å². The first-order valence-electron chi connectivity index (χ1n) is 6.39. The Morgan fingerprint density at radius 1 is 1.26 bits per heavy atom. The van der Waals surface area contributed by atoms with Gasteiger partial charge in [-0.3, -0.25) is 9.59 Å². The first kappa shape index (κ1) is 17.1. The highest BCUT2D eigenvalue weighted by Gasteiger charge is 2.16. The van der Waals surface area contributed by atoms with Gasteiger partial charge in [0.05, 0.1) is 9.90 Å². The molecule has 1 amide bonds. The largest absolute Gasteiger partial charge is 0.453 e. The molecule has 0 aliphatic carbocycles. The minimum atomic E-state index is -0.809. The molecule has 1 N–H and O–H groups in total. The number of thiophene rings is 1. The third-order valence-electron chi connectivity index (χ3n) is 2.70. The van der Waals surface area contributed by atoms with Crippen molar-refractivity contribution in [2.24, 2.45) is 0 Å². The van der Waals surface area contributed by atoms with E-state index >= 15 is 0 Å². The molecule has 1 aromatic heterocycles. The van der Waals surface area contributed by atoms with Crippen molar-refractivity contribution in [2.75, 3.05) is 11.9 Å². The van der Waals surface area contributed by atoms with E-state index in [4.69, 9.17) is 16.3 Å². The van der Waals surface area contributed by atoms with Crippen LogP contribution in [0, 0.1) is 5.82 Å². The van der Waals surface area contributed by atoms with Gasteiger partial charge in [-0.05, 0) is 30.3 Å². The zero-order valence-corrected chi connectivity index (χ0v) is 13.5. The van der Waals surface area contributed by atoms with E-state index in [2.05, 4.69) is 5.32 Å². The number of amides is 1. The van der Waals surface area contributed by atoms with Crippen LogP contribution in [0.3, 0.4) is 0 Å². The average molecular weight is 356 g/mol. The number of hydrogen-bond donors (Lipinski definition) is 1. The summed E-state index contributed by atoms with van der Waals surface area (Å²) in [6, 6.07) is 6.64. The highest BCUT2D eigenvalue weighted by Crippen LogP contribution is 2.22. The number of esters is 1. The van der Waals surface area contributed by atoms with Crippen molar-refractivity contribution in [3.05, 3.63) is 50.9 Å². The Kier molecular flexibility index (Phi) is 5.46. The molecular weight excluding hydrogens is 345 g/mol. The van der Waals surface area contributed by atoms with Crippen molar-refractivity contribution in [3.8, 4) is 0 Å². The van der Waals surface area contributed by atoms with Crippen LogP contribution in [0.1, 0.15) is 27.0 Å². The molecule has 0 saturated heterocycles. The topological polar surface area (TPSA) is 72.5 Å². The number of halogens is 2. The second-order valence-electron chi connectivity index (χ2n) is 4.48. The molecule has 0 spiro atoms. The Hall–Kier alpha value is -2.25. The molecule has 1 aromatic carbocycles. The number of ether oxygens (including phenoxy) is 1. The fraction of sp³-hybridized carbons (Fsp3) is 0.133. The number of rotatable bonds is 5. The van der Waals surface area contributed by atoms with Crippen molar-refractivity contribution in [2.45, 2.75) is 6.92 Å². The molecule has 5 nitrogen and oxygen atoms in total. The quantitative estimate of drug-likeness (QED) is 0.657. The molecule has 2 aromatic rings. The molecule has 0 unspecified atom stereocenters. The SMILES string of the molecule is CC(=O)Nc1ccc(C(=O)COC(=O)c2ccc(Cl)s2)c(F)c1. The minimum Gasteiger partial charge on any atom is -0.453 e. The maximum atomic E-state index is 13.9. The molecule has 23 heavy (non-hydrogen) atoms. The summed E-state index contributed by atoms with van der Waals surface area (Å²) in [6.07, 6.45) is 0. The monoisotopic (exact) mass is 355 g/mol. The van der Waals surface area contributed by atoms with Gasteiger partial charge in [0.2, 0.25) is 11.7 Å². The number of anilines is 1. The van der Waals surface area contributed by atoms with Crippen molar-refractivity contribution in [1.82, 2.24) is 0 Å². The zero-order chi connectivity index (χ0) is 17.0. The predicted molar refractivity (Wildman–Crippen MR) is 84.6 cm³/mol. The molecule has 120 valence electrons. The molecular formula is C15H11ClFNO4S. The maximum absolute atomic E-state index is 13.9. The van der Waals surface area contributed by atoms with Crippen LogP contribution < -0.4 is 5.32 Å². The Bertz CT molecular complexity index is 775. The summed E-state index contributed by atoms with van der Waals surface area (Å²) in [4.78, 5) is 34.7. The summed E-state index contributed by atoms with van der Waals surface area (Å²) in [5, 5.41) is 2.40. The maximum Gasteiger partial charge on any atom is 0.348 e. The number of benzene rings is 1. The van der Waals surface area contributed by atoms with Crippen LogP contribution in [-0.2, 0) is 9.53 Å². The first-order valence-corrected chi connectivity index (χ1v) is 7.59. The van der Waals surface area contributed by atoms with Gasteiger partial charge in [0.25, 0.3) is 0 Å². The molecule has 1 heterocycles. The normalized spacial score (nSPS) is 10.2. The van der Waals surface area contributed by atoms with Crippen LogP contribution in [0.25, 0.3) is 0 Å². The predicted octanol–water partition coefficient (Wildman–Crippen LogP) is 3.54. The number of ketones is 1. The van der Waals surface area contributed by atoms with E-state index in [-0.39, 0.29) is 22.0 Å². The van der Waals surface area contributed by atoms with Crippen LogP contribution in [-0.4, -0.2) is 24.3 Å². The third kappa shape index (κ3) is 4.61.